The SMILES string of the molecule is CN1C(=O)COc2ccc(N)cc21.[Cl-]. The number of anilines is 2. The van der Waals surface area contributed by atoms with E-state index in [-0.39, 0.29) is 24.9 Å². The normalized spacial score (nSPS) is 14.1. The quantitative estimate of drug-likeness (QED) is 0.490. The van der Waals surface area contributed by atoms with E-state index in [1.807, 2.05) is 0 Å². The van der Waals surface area contributed by atoms with Crippen LogP contribution in [0.1, 0.15) is 0 Å². The second-order valence-corrected chi connectivity index (χ2v) is 2.97. The van der Waals surface area contributed by atoms with E-state index in [0.29, 0.717) is 11.4 Å². The standard InChI is InChI=1S/C9H10N2O2.ClH/c1-11-7-4-6(10)2-3-8(7)13-5-9(11)12;/h2-4H,5,10H2,1H3;1H/p-1. The van der Waals surface area contributed by atoms with Crippen LogP contribution < -0.4 is 27.8 Å². The van der Waals surface area contributed by atoms with E-state index < -0.39 is 0 Å². The van der Waals surface area contributed by atoms with Crippen molar-refractivity contribution in [2.24, 2.45) is 0 Å². The summed E-state index contributed by atoms with van der Waals surface area (Å²) in [4.78, 5) is 12.8. The van der Waals surface area contributed by atoms with Crippen LogP contribution in [0.3, 0.4) is 0 Å². The molecule has 2 rings (SSSR count). The van der Waals surface area contributed by atoms with E-state index in [0.717, 1.165) is 5.69 Å². The molecule has 0 atom stereocenters. The number of hydrogen-bond donors (Lipinski definition) is 1. The van der Waals surface area contributed by atoms with Gasteiger partial charge in [-0.1, -0.05) is 0 Å². The molecule has 76 valence electrons. The third kappa shape index (κ3) is 1.61. The van der Waals surface area contributed by atoms with Gasteiger partial charge in [-0.3, -0.25) is 4.79 Å². The number of rotatable bonds is 0. The molecule has 2 N–H and O–H groups in total. The largest absolute Gasteiger partial charge is 1.00 e. The first-order chi connectivity index (χ1) is 6.18. The summed E-state index contributed by atoms with van der Waals surface area (Å²) in [7, 11) is 1.71. The van der Waals surface area contributed by atoms with Crippen LogP contribution in [0.15, 0.2) is 18.2 Å². The molecule has 0 fully saturated rings. The second-order valence-electron chi connectivity index (χ2n) is 2.97. The lowest BCUT2D eigenvalue weighted by molar-refractivity contribution is -0.120. The number of hydrogen-bond acceptors (Lipinski definition) is 3. The molecular formula is C9H10ClN2O2-. The van der Waals surface area contributed by atoms with Crippen LogP contribution in [0.2, 0.25) is 0 Å². The van der Waals surface area contributed by atoms with Gasteiger partial charge in [0.05, 0.1) is 5.69 Å². The molecule has 1 aliphatic rings. The number of likely N-dealkylation sites (N-methyl/N-ethyl adjacent to an activating group) is 1. The van der Waals surface area contributed by atoms with Gasteiger partial charge in [-0.15, -0.1) is 0 Å². The summed E-state index contributed by atoms with van der Waals surface area (Å²) in [5.74, 6) is 0.648. The van der Waals surface area contributed by atoms with E-state index in [4.69, 9.17) is 10.5 Å². The Bertz CT molecular complexity index is 368. The summed E-state index contributed by atoms with van der Waals surface area (Å²) in [6.45, 7) is 0.105. The zero-order chi connectivity index (χ0) is 9.42. The van der Waals surface area contributed by atoms with Crippen molar-refractivity contribution in [3.05, 3.63) is 18.2 Å². The zero-order valence-electron chi connectivity index (χ0n) is 7.66. The number of fused-ring (bicyclic) bond motifs is 1. The van der Waals surface area contributed by atoms with E-state index in [1.165, 1.54) is 0 Å². The maximum absolute atomic E-state index is 11.2. The van der Waals surface area contributed by atoms with Crippen LogP contribution in [0.5, 0.6) is 5.75 Å². The summed E-state index contributed by atoms with van der Waals surface area (Å²) >= 11 is 0. The maximum Gasteiger partial charge on any atom is 0.264 e. The minimum absolute atomic E-state index is 0. The zero-order valence-corrected chi connectivity index (χ0v) is 8.41. The summed E-state index contributed by atoms with van der Waals surface area (Å²) in [5.41, 5.74) is 6.96. The Balaban J connectivity index is 0.000000980. The first-order valence-corrected chi connectivity index (χ1v) is 3.97. The van der Waals surface area contributed by atoms with Crippen molar-refractivity contribution in [3.8, 4) is 5.75 Å². The lowest BCUT2D eigenvalue weighted by atomic mass is 10.2. The van der Waals surface area contributed by atoms with Gasteiger partial charge in [-0.05, 0) is 18.2 Å². The van der Waals surface area contributed by atoms with Crippen molar-refractivity contribution in [3.63, 3.8) is 0 Å². The monoisotopic (exact) mass is 213 g/mol. The minimum Gasteiger partial charge on any atom is -1.00 e. The Kier molecular flexibility index (Phi) is 2.86. The number of ether oxygens (including phenoxy) is 1. The Morgan fingerprint density at radius 3 is 2.93 bits per heavy atom. The number of amides is 1. The average Bonchev–Trinajstić information content (AvgIpc) is 2.12. The van der Waals surface area contributed by atoms with Crippen LogP contribution in [0, 0.1) is 0 Å². The van der Waals surface area contributed by atoms with Crippen LogP contribution in [0.25, 0.3) is 0 Å². The van der Waals surface area contributed by atoms with E-state index in [1.54, 1.807) is 30.1 Å². The molecule has 0 saturated carbocycles. The fourth-order valence-corrected chi connectivity index (χ4v) is 1.29. The molecule has 0 unspecified atom stereocenters. The number of halogens is 1. The smallest absolute Gasteiger partial charge is 0.264 e. The number of nitrogens with zero attached hydrogens (tertiary/aromatic N) is 1. The first kappa shape index (κ1) is 10.7. The van der Waals surface area contributed by atoms with Crippen molar-refractivity contribution < 1.29 is 21.9 Å². The van der Waals surface area contributed by atoms with Gasteiger partial charge >= 0.3 is 0 Å². The van der Waals surface area contributed by atoms with Crippen molar-refractivity contribution in [1.82, 2.24) is 0 Å². The predicted octanol–water partition coefficient (Wildman–Crippen LogP) is -2.37. The molecule has 1 aromatic carbocycles. The fourth-order valence-electron chi connectivity index (χ4n) is 1.29. The van der Waals surface area contributed by atoms with Gasteiger partial charge in [0.1, 0.15) is 5.75 Å². The molecular weight excluding hydrogens is 204 g/mol. The van der Waals surface area contributed by atoms with Crippen LogP contribution in [0.4, 0.5) is 11.4 Å². The van der Waals surface area contributed by atoms with Crippen molar-refractivity contribution in [2.45, 2.75) is 0 Å². The molecule has 1 aliphatic heterocycles. The van der Waals surface area contributed by atoms with Gasteiger partial charge in [0.2, 0.25) is 0 Å². The van der Waals surface area contributed by atoms with Gasteiger partial charge in [0.15, 0.2) is 6.61 Å². The molecule has 0 aliphatic carbocycles. The number of carbonyl (C=O) groups excluding carboxylic acids is 1. The molecule has 4 nitrogen and oxygen atoms in total. The molecule has 0 radical (unpaired) electrons. The third-order valence-corrected chi connectivity index (χ3v) is 2.07. The average molecular weight is 214 g/mol. The molecule has 5 heteroatoms. The topological polar surface area (TPSA) is 55.6 Å². The molecule has 1 heterocycles. The summed E-state index contributed by atoms with van der Waals surface area (Å²) < 4.78 is 5.21. The summed E-state index contributed by atoms with van der Waals surface area (Å²) in [6.07, 6.45) is 0. The lowest BCUT2D eigenvalue weighted by Crippen LogP contribution is -3.00. The minimum atomic E-state index is -0.0573. The van der Waals surface area contributed by atoms with Gasteiger partial charge in [-0.25, -0.2) is 0 Å². The van der Waals surface area contributed by atoms with E-state index >= 15 is 0 Å². The van der Waals surface area contributed by atoms with Gasteiger partial charge in [0, 0.05) is 12.7 Å². The van der Waals surface area contributed by atoms with E-state index in [9.17, 15) is 4.79 Å². The molecule has 14 heavy (non-hydrogen) atoms. The molecule has 1 aromatic rings. The number of benzene rings is 1. The Morgan fingerprint density at radius 2 is 2.21 bits per heavy atom. The van der Waals surface area contributed by atoms with Gasteiger partial charge in [0.25, 0.3) is 5.91 Å². The van der Waals surface area contributed by atoms with Gasteiger partial charge < -0.3 is 27.8 Å². The molecule has 0 saturated heterocycles. The highest BCUT2D eigenvalue weighted by molar-refractivity contribution is 5.97. The van der Waals surface area contributed by atoms with Crippen LogP contribution >= 0.6 is 0 Å². The van der Waals surface area contributed by atoms with E-state index in [2.05, 4.69) is 0 Å². The van der Waals surface area contributed by atoms with Gasteiger partial charge in [-0.2, -0.15) is 0 Å². The Labute approximate surface area is 88.0 Å². The highest BCUT2D eigenvalue weighted by atomic mass is 35.5. The van der Waals surface area contributed by atoms with Crippen LogP contribution in [-0.2, 0) is 4.79 Å². The number of nitrogen functional groups attached to an aromatic ring is 1. The number of nitrogens with two attached hydrogens (primary N) is 1. The van der Waals surface area contributed by atoms with Crippen molar-refractivity contribution in [1.29, 1.82) is 0 Å². The second kappa shape index (κ2) is 3.75. The first-order valence-electron chi connectivity index (χ1n) is 3.97. The molecule has 0 bridgehead atoms. The number of carbonyl (C=O) groups is 1. The van der Waals surface area contributed by atoms with Crippen LogP contribution in [-0.4, -0.2) is 19.6 Å². The fraction of sp³-hybridized carbons (Fsp3) is 0.222. The maximum atomic E-state index is 11.2. The van der Waals surface area contributed by atoms with Crippen molar-refractivity contribution in [2.75, 3.05) is 24.3 Å². The predicted molar refractivity (Wildman–Crippen MR) is 49.8 cm³/mol. The molecule has 0 spiro atoms. The highest BCUT2D eigenvalue weighted by Gasteiger charge is 2.21. The molecule has 1 amide bonds. The third-order valence-electron chi connectivity index (χ3n) is 2.07. The summed E-state index contributed by atoms with van der Waals surface area (Å²) in [6, 6.07) is 5.25. The Morgan fingerprint density at radius 1 is 1.50 bits per heavy atom. The Hall–Kier alpha value is -1.42. The molecule has 0 aromatic heterocycles. The highest BCUT2D eigenvalue weighted by Crippen LogP contribution is 2.32. The summed E-state index contributed by atoms with van der Waals surface area (Å²) in [5, 5.41) is 0. The van der Waals surface area contributed by atoms with Crippen molar-refractivity contribution >= 4 is 17.3 Å². The lowest BCUT2D eigenvalue weighted by Gasteiger charge is -2.25.